The van der Waals surface area contributed by atoms with Crippen LogP contribution in [0.4, 0.5) is 10.5 Å². The molecule has 0 saturated carbocycles. The van der Waals surface area contributed by atoms with Crippen molar-refractivity contribution in [2.45, 2.75) is 26.4 Å². The summed E-state index contributed by atoms with van der Waals surface area (Å²) in [5.74, 6) is 0. The van der Waals surface area contributed by atoms with Crippen molar-refractivity contribution in [2.24, 2.45) is 0 Å². The quantitative estimate of drug-likeness (QED) is 0.690. The number of benzene rings is 1. The molecule has 0 unspecified atom stereocenters. The second kappa shape index (κ2) is 4.45. The van der Waals surface area contributed by atoms with E-state index in [9.17, 15) is 4.79 Å². The van der Waals surface area contributed by atoms with E-state index in [0.29, 0.717) is 10.5 Å². The first kappa shape index (κ1) is 12.6. The minimum atomic E-state index is -0.512. The molecule has 6 heteroatoms. The number of aromatic amines is 2. The molecule has 5 nitrogen and oxygen atoms in total. The number of ether oxygens (including phenoxy) is 1. The second-order valence-electron chi connectivity index (χ2n) is 4.97. The standard InChI is InChI=1S/C12H15N3O2S/c1-12(2,3)17-11(16)13-7-4-5-8-9(6-7)15-10(18)14-8/h4-6H,1-3H3,(H,13,16)(H2,14,15,18). The minimum absolute atomic E-state index is 0.476. The first-order chi connectivity index (χ1) is 8.33. The zero-order valence-corrected chi connectivity index (χ0v) is 11.3. The summed E-state index contributed by atoms with van der Waals surface area (Å²) in [6, 6.07) is 5.42. The van der Waals surface area contributed by atoms with Crippen LogP contribution in [0.2, 0.25) is 0 Å². The normalized spacial score (nSPS) is 11.5. The van der Waals surface area contributed by atoms with Crippen molar-refractivity contribution in [1.82, 2.24) is 9.97 Å². The lowest BCUT2D eigenvalue weighted by atomic mass is 10.2. The van der Waals surface area contributed by atoms with Gasteiger partial charge in [0.1, 0.15) is 5.60 Å². The molecule has 3 N–H and O–H groups in total. The minimum Gasteiger partial charge on any atom is -0.444 e. The number of imidazole rings is 1. The highest BCUT2D eigenvalue weighted by Gasteiger charge is 2.16. The molecular weight excluding hydrogens is 250 g/mol. The van der Waals surface area contributed by atoms with Gasteiger partial charge in [-0.25, -0.2) is 4.79 Å². The molecule has 2 aromatic rings. The fraction of sp³-hybridized carbons (Fsp3) is 0.333. The molecule has 1 amide bonds. The molecule has 0 aliphatic rings. The Morgan fingerprint density at radius 1 is 1.28 bits per heavy atom. The SMILES string of the molecule is CC(C)(C)OC(=O)Nc1ccc2[nH]c(=S)[nH]c2c1. The Hall–Kier alpha value is -1.82. The van der Waals surface area contributed by atoms with E-state index in [1.165, 1.54) is 0 Å². The number of hydrogen-bond acceptors (Lipinski definition) is 3. The van der Waals surface area contributed by atoms with Gasteiger partial charge in [0.15, 0.2) is 4.77 Å². The third kappa shape index (κ3) is 3.10. The van der Waals surface area contributed by atoms with Gasteiger partial charge >= 0.3 is 6.09 Å². The molecule has 0 atom stereocenters. The molecule has 1 aromatic heterocycles. The summed E-state index contributed by atoms with van der Waals surface area (Å²) in [5, 5.41) is 2.67. The van der Waals surface area contributed by atoms with Crippen molar-refractivity contribution < 1.29 is 9.53 Å². The molecule has 1 aromatic carbocycles. The van der Waals surface area contributed by atoms with Gasteiger partial charge in [0.2, 0.25) is 0 Å². The highest BCUT2D eigenvalue weighted by molar-refractivity contribution is 7.71. The first-order valence-corrected chi connectivity index (χ1v) is 5.96. The molecule has 96 valence electrons. The summed E-state index contributed by atoms with van der Waals surface area (Å²) >= 11 is 4.99. The Morgan fingerprint density at radius 2 is 1.94 bits per heavy atom. The number of hydrogen-bond donors (Lipinski definition) is 3. The molecular formula is C12H15N3O2S. The van der Waals surface area contributed by atoms with Crippen LogP contribution in [-0.2, 0) is 4.74 Å². The van der Waals surface area contributed by atoms with Gasteiger partial charge < -0.3 is 14.7 Å². The molecule has 0 bridgehead atoms. The Balaban J connectivity index is 2.17. The zero-order valence-electron chi connectivity index (χ0n) is 10.5. The van der Waals surface area contributed by atoms with Crippen LogP contribution in [0.5, 0.6) is 0 Å². The van der Waals surface area contributed by atoms with Crippen LogP contribution in [0, 0.1) is 4.77 Å². The molecule has 0 radical (unpaired) electrons. The van der Waals surface area contributed by atoms with Crippen molar-refractivity contribution >= 4 is 35.0 Å². The highest BCUT2D eigenvalue weighted by atomic mass is 32.1. The monoisotopic (exact) mass is 265 g/mol. The second-order valence-corrected chi connectivity index (χ2v) is 5.37. The summed E-state index contributed by atoms with van der Waals surface area (Å²) in [6.45, 7) is 5.46. The Morgan fingerprint density at radius 3 is 2.61 bits per heavy atom. The summed E-state index contributed by atoms with van der Waals surface area (Å²) in [5.41, 5.74) is 1.88. The fourth-order valence-electron chi connectivity index (χ4n) is 1.53. The summed E-state index contributed by atoms with van der Waals surface area (Å²) in [4.78, 5) is 17.6. The van der Waals surface area contributed by atoms with Gasteiger partial charge in [-0.15, -0.1) is 0 Å². The van der Waals surface area contributed by atoms with Gasteiger partial charge in [0, 0.05) is 5.69 Å². The Labute approximate surface area is 110 Å². The third-order valence-electron chi connectivity index (χ3n) is 2.16. The number of nitrogens with one attached hydrogen (secondary N) is 3. The number of fused-ring (bicyclic) bond motifs is 1. The number of rotatable bonds is 1. The van der Waals surface area contributed by atoms with Crippen molar-refractivity contribution in [3.8, 4) is 0 Å². The van der Waals surface area contributed by atoms with Gasteiger partial charge in [-0.2, -0.15) is 0 Å². The van der Waals surface area contributed by atoms with E-state index in [4.69, 9.17) is 17.0 Å². The van der Waals surface area contributed by atoms with Gasteiger partial charge in [-0.05, 0) is 51.2 Å². The van der Waals surface area contributed by atoms with E-state index in [-0.39, 0.29) is 0 Å². The number of H-pyrrole nitrogens is 2. The molecule has 18 heavy (non-hydrogen) atoms. The van der Waals surface area contributed by atoms with Crippen molar-refractivity contribution in [3.63, 3.8) is 0 Å². The van der Waals surface area contributed by atoms with E-state index >= 15 is 0 Å². The average Bonchev–Trinajstić information content (AvgIpc) is 2.53. The van der Waals surface area contributed by atoms with Crippen molar-refractivity contribution in [3.05, 3.63) is 23.0 Å². The Kier molecular flexibility index (Phi) is 3.13. The van der Waals surface area contributed by atoms with Gasteiger partial charge in [-0.1, -0.05) is 0 Å². The Bertz CT molecular complexity index is 637. The van der Waals surface area contributed by atoms with Crippen molar-refractivity contribution in [1.29, 1.82) is 0 Å². The predicted molar refractivity (Wildman–Crippen MR) is 73.3 cm³/mol. The third-order valence-corrected chi connectivity index (χ3v) is 2.37. The molecule has 1 heterocycles. The molecule has 2 rings (SSSR count). The lowest BCUT2D eigenvalue weighted by Gasteiger charge is -2.19. The van der Waals surface area contributed by atoms with Crippen LogP contribution >= 0.6 is 12.2 Å². The van der Waals surface area contributed by atoms with E-state index in [2.05, 4.69) is 15.3 Å². The fourth-order valence-corrected chi connectivity index (χ4v) is 1.75. The summed E-state index contributed by atoms with van der Waals surface area (Å²) in [7, 11) is 0. The number of carbonyl (C=O) groups is 1. The average molecular weight is 265 g/mol. The van der Waals surface area contributed by atoms with Crippen LogP contribution in [0.1, 0.15) is 20.8 Å². The lowest BCUT2D eigenvalue weighted by molar-refractivity contribution is 0.0636. The van der Waals surface area contributed by atoms with E-state index in [1.54, 1.807) is 12.1 Å². The molecule has 0 saturated heterocycles. The van der Waals surface area contributed by atoms with E-state index in [1.807, 2.05) is 26.8 Å². The first-order valence-electron chi connectivity index (χ1n) is 5.55. The number of carbonyl (C=O) groups excluding carboxylic acids is 1. The maximum absolute atomic E-state index is 11.6. The summed E-state index contributed by atoms with van der Waals surface area (Å²) < 4.78 is 5.73. The van der Waals surface area contributed by atoms with Crippen LogP contribution < -0.4 is 5.32 Å². The smallest absolute Gasteiger partial charge is 0.412 e. The van der Waals surface area contributed by atoms with E-state index in [0.717, 1.165) is 11.0 Å². The zero-order chi connectivity index (χ0) is 13.3. The number of amides is 1. The van der Waals surface area contributed by atoms with Crippen LogP contribution in [0.3, 0.4) is 0 Å². The predicted octanol–water partition coefficient (Wildman–Crippen LogP) is 3.57. The van der Waals surface area contributed by atoms with Gasteiger partial charge in [0.05, 0.1) is 11.0 Å². The van der Waals surface area contributed by atoms with Crippen LogP contribution in [0.25, 0.3) is 11.0 Å². The molecule has 0 aliphatic heterocycles. The molecule has 0 spiro atoms. The van der Waals surface area contributed by atoms with Crippen LogP contribution in [0.15, 0.2) is 18.2 Å². The molecule has 0 fully saturated rings. The highest BCUT2D eigenvalue weighted by Crippen LogP contribution is 2.17. The van der Waals surface area contributed by atoms with E-state index < -0.39 is 11.7 Å². The van der Waals surface area contributed by atoms with Gasteiger partial charge in [0.25, 0.3) is 0 Å². The topological polar surface area (TPSA) is 69.9 Å². The number of aromatic nitrogens is 2. The lowest BCUT2D eigenvalue weighted by Crippen LogP contribution is -2.27. The number of anilines is 1. The maximum atomic E-state index is 11.6. The molecule has 0 aliphatic carbocycles. The maximum Gasteiger partial charge on any atom is 0.412 e. The van der Waals surface area contributed by atoms with Crippen molar-refractivity contribution in [2.75, 3.05) is 5.32 Å². The summed E-state index contributed by atoms with van der Waals surface area (Å²) in [6.07, 6.45) is -0.476. The van der Waals surface area contributed by atoms with Crippen LogP contribution in [-0.4, -0.2) is 21.7 Å². The largest absolute Gasteiger partial charge is 0.444 e. The van der Waals surface area contributed by atoms with Gasteiger partial charge in [-0.3, -0.25) is 5.32 Å².